The molecule has 13 heteroatoms. The summed E-state index contributed by atoms with van der Waals surface area (Å²) in [6.07, 6.45) is 7.31. The number of esters is 1. The number of hydrogen-bond acceptors (Lipinski definition) is 8. The summed E-state index contributed by atoms with van der Waals surface area (Å²) >= 11 is 0. The SMILES string of the molecule is COC(=O)[C@H](Cc1ccccc1)NC(=O)[C@H](C)NC(=O)C12CC3C[C@H](CC(NC(=O)[C@@H](Cc4cncn4C)NC(=O)OC(C)(C)C)(C3)C1)C2. The molecule has 4 saturated carbocycles. The topological polar surface area (TPSA) is 170 Å². The minimum atomic E-state index is -0.926. The molecule has 7 atom stereocenters. The Morgan fingerprint density at radius 1 is 0.939 bits per heavy atom. The lowest BCUT2D eigenvalue weighted by molar-refractivity contribution is -0.155. The number of carbonyl (C=O) groups excluding carboxylic acids is 5. The van der Waals surface area contributed by atoms with E-state index in [2.05, 4.69) is 26.3 Å². The molecule has 3 unspecified atom stereocenters. The second-order valence-electron chi connectivity index (χ2n) is 15.4. The first-order chi connectivity index (χ1) is 23.1. The maximum atomic E-state index is 14.1. The lowest BCUT2D eigenvalue weighted by atomic mass is 9.46. The van der Waals surface area contributed by atoms with Crippen LogP contribution in [-0.2, 0) is 48.5 Å². The average molecular weight is 679 g/mol. The number of rotatable bonds is 12. The summed E-state index contributed by atoms with van der Waals surface area (Å²) in [5.74, 6) is -1.15. The Morgan fingerprint density at radius 3 is 2.20 bits per heavy atom. The Labute approximate surface area is 287 Å². The maximum absolute atomic E-state index is 14.1. The molecule has 1 aromatic heterocycles. The van der Waals surface area contributed by atoms with E-state index in [4.69, 9.17) is 9.47 Å². The Bertz CT molecular complexity index is 1540. The number of hydrogen-bond donors (Lipinski definition) is 4. The van der Waals surface area contributed by atoms with Crippen LogP contribution in [0.1, 0.15) is 77.5 Å². The van der Waals surface area contributed by atoms with Crippen molar-refractivity contribution in [2.24, 2.45) is 24.3 Å². The highest BCUT2D eigenvalue weighted by atomic mass is 16.6. The third-order valence-electron chi connectivity index (χ3n) is 10.1. The smallest absolute Gasteiger partial charge is 0.408 e. The third kappa shape index (κ3) is 8.60. The van der Waals surface area contributed by atoms with Crippen LogP contribution in [0.3, 0.4) is 0 Å². The van der Waals surface area contributed by atoms with Crippen LogP contribution in [0.25, 0.3) is 0 Å². The average Bonchev–Trinajstić information content (AvgIpc) is 3.42. The number of imidazole rings is 1. The molecule has 4 bridgehead atoms. The number of benzene rings is 1. The first-order valence-corrected chi connectivity index (χ1v) is 17.1. The molecule has 4 N–H and O–H groups in total. The molecule has 2 aromatic rings. The zero-order chi connectivity index (χ0) is 35.6. The number of carbonyl (C=O) groups is 5. The van der Waals surface area contributed by atoms with Crippen LogP contribution >= 0.6 is 0 Å². The number of aromatic nitrogens is 2. The Morgan fingerprint density at radius 2 is 1.61 bits per heavy atom. The van der Waals surface area contributed by atoms with Crippen molar-refractivity contribution in [2.75, 3.05) is 7.11 Å². The van der Waals surface area contributed by atoms with Crippen LogP contribution in [-0.4, -0.2) is 75.7 Å². The van der Waals surface area contributed by atoms with Gasteiger partial charge in [-0.15, -0.1) is 0 Å². The predicted molar refractivity (Wildman–Crippen MR) is 180 cm³/mol. The summed E-state index contributed by atoms with van der Waals surface area (Å²) in [6, 6.07) is 6.56. The molecular formula is C36H50N6O7. The van der Waals surface area contributed by atoms with Crippen LogP contribution in [0.4, 0.5) is 4.79 Å². The summed E-state index contributed by atoms with van der Waals surface area (Å²) in [4.78, 5) is 70.9. The van der Waals surface area contributed by atoms with Crippen molar-refractivity contribution in [2.45, 2.75) is 108 Å². The van der Waals surface area contributed by atoms with Gasteiger partial charge in [0.05, 0.1) is 18.9 Å². The fourth-order valence-electron chi connectivity index (χ4n) is 8.37. The van der Waals surface area contributed by atoms with Gasteiger partial charge < -0.3 is 35.3 Å². The Balaban J connectivity index is 1.28. The van der Waals surface area contributed by atoms with Gasteiger partial charge in [-0.3, -0.25) is 14.4 Å². The predicted octanol–water partition coefficient (Wildman–Crippen LogP) is 2.72. The Hall–Kier alpha value is -4.42. The molecule has 266 valence electrons. The summed E-state index contributed by atoms with van der Waals surface area (Å²) < 4.78 is 12.2. The van der Waals surface area contributed by atoms with Gasteiger partial charge in [0.15, 0.2) is 0 Å². The van der Waals surface area contributed by atoms with Gasteiger partial charge in [0.2, 0.25) is 17.7 Å². The van der Waals surface area contributed by atoms with Crippen molar-refractivity contribution in [3.63, 3.8) is 0 Å². The maximum Gasteiger partial charge on any atom is 0.408 e. The molecule has 1 aromatic carbocycles. The molecule has 1 heterocycles. The van der Waals surface area contributed by atoms with Crippen LogP contribution in [0.2, 0.25) is 0 Å². The summed E-state index contributed by atoms with van der Waals surface area (Å²) in [5.41, 5.74) is -0.500. The minimum absolute atomic E-state index is 0.208. The number of nitrogens with zero attached hydrogens (tertiary/aromatic N) is 2. The molecule has 4 aliphatic carbocycles. The zero-order valence-corrected chi connectivity index (χ0v) is 29.3. The van der Waals surface area contributed by atoms with Crippen molar-refractivity contribution in [3.05, 3.63) is 54.1 Å². The highest BCUT2D eigenvalue weighted by Crippen LogP contribution is 2.61. The highest BCUT2D eigenvalue weighted by molar-refractivity contribution is 5.92. The Kier molecular flexibility index (Phi) is 10.4. The van der Waals surface area contributed by atoms with Crippen LogP contribution in [0.5, 0.6) is 0 Å². The standard InChI is InChI=1S/C36H50N6O7/c1-22(29(43)39-28(31(45)48-6)13-23-10-8-7-9-11-23)38-32(46)35-15-24-12-25(16-35)18-36(17-24,20-35)41-30(44)27(14-26-19-37-21-42(26)5)40-33(47)49-34(2,3)4/h7-11,19,21-22,24-25,27-28H,12-18,20H2,1-6H3,(H,38,46)(H,39,43)(H,40,47)(H,41,44)/t22-,24-,25?,27+,28-,35?,36?/m0/s1. The quantitative estimate of drug-likeness (QED) is 0.249. The summed E-state index contributed by atoms with van der Waals surface area (Å²) in [5, 5.41) is 11.8. The van der Waals surface area contributed by atoms with Crippen LogP contribution < -0.4 is 21.3 Å². The normalized spacial score (nSPS) is 25.8. The molecule has 4 aliphatic rings. The molecule has 4 amide bonds. The molecule has 0 aliphatic heterocycles. The van der Waals surface area contributed by atoms with E-state index < -0.39 is 52.7 Å². The van der Waals surface area contributed by atoms with Gasteiger partial charge in [-0.05, 0) is 83.6 Å². The van der Waals surface area contributed by atoms with Crippen molar-refractivity contribution < 1.29 is 33.4 Å². The van der Waals surface area contributed by atoms with Gasteiger partial charge in [-0.25, -0.2) is 14.6 Å². The molecule has 4 fully saturated rings. The fourth-order valence-corrected chi connectivity index (χ4v) is 8.37. The zero-order valence-electron chi connectivity index (χ0n) is 29.3. The summed E-state index contributed by atoms with van der Waals surface area (Å²) in [6.45, 7) is 6.88. The number of ether oxygens (including phenoxy) is 2. The van der Waals surface area contributed by atoms with E-state index in [0.29, 0.717) is 19.3 Å². The fraction of sp³-hybridized carbons (Fsp3) is 0.611. The van der Waals surface area contributed by atoms with Gasteiger partial charge in [0.1, 0.15) is 23.7 Å². The summed E-state index contributed by atoms with van der Waals surface area (Å²) in [7, 11) is 3.10. The second-order valence-corrected chi connectivity index (χ2v) is 15.4. The molecule has 0 radical (unpaired) electrons. The lowest BCUT2D eigenvalue weighted by Crippen LogP contribution is -2.68. The van der Waals surface area contributed by atoms with Gasteiger partial charge >= 0.3 is 12.1 Å². The van der Waals surface area contributed by atoms with E-state index in [1.54, 1.807) is 44.8 Å². The second kappa shape index (κ2) is 14.2. The molecule has 49 heavy (non-hydrogen) atoms. The van der Waals surface area contributed by atoms with Crippen LogP contribution in [0, 0.1) is 17.3 Å². The molecule has 0 spiro atoms. The number of amides is 4. The number of nitrogens with one attached hydrogen (secondary N) is 4. The van der Waals surface area contributed by atoms with E-state index in [9.17, 15) is 24.0 Å². The van der Waals surface area contributed by atoms with Crippen molar-refractivity contribution >= 4 is 29.8 Å². The van der Waals surface area contributed by atoms with E-state index in [0.717, 1.165) is 30.5 Å². The van der Waals surface area contributed by atoms with E-state index in [-0.39, 0.29) is 36.5 Å². The first-order valence-electron chi connectivity index (χ1n) is 17.1. The third-order valence-corrected chi connectivity index (χ3v) is 10.1. The monoisotopic (exact) mass is 678 g/mol. The molecular weight excluding hydrogens is 628 g/mol. The highest BCUT2D eigenvalue weighted by Gasteiger charge is 2.61. The van der Waals surface area contributed by atoms with Crippen molar-refractivity contribution in [3.8, 4) is 0 Å². The van der Waals surface area contributed by atoms with Gasteiger partial charge in [-0.2, -0.15) is 0 Å². The van der Waals surface area contributed by atoms with Crippen molar-refractivity contribution in [1.29, 1.82) is 0 Å². The lowest BCUT2D eigenvalue weighted by Gasteiger charge is -2.61. The molecule has 6 rings (SSSR count). The van der Waals surface area contributed by atoms with Gasteiger partial charge in [-0.1, -0.05) is 30.3 Å². The number of methoxy groups -OCH3 is 1. The van der Waals surface area contributed by atoms with E-state index in [1.165, 1.54) is 7.11 Å². The van der Waals surface area contributed by atoms with E-state index in [1.807, 2.05) is 37.4 Å². The van der Waals surface area contributed by atoms with Gasteiger partial charge in [0.25, 0.3) is 0 Å². The number of aryl methyl sites for hydroxylation is 1. The largest absolute Gasteiger partial charge is 0.467 e. The molecule has 13 nitrogen and oxygen atoms in total. The van der Waals surface area contributed by atoms with Gasteiger partial charge in [0, 0.05) is 37.3 Å². The number of alkyl carbamates (subject to hydrolysis) is 1. The van der Waals surface area contributed by atoms with Crippen molar-refractivity contribution in [1.82, 2.24) is 30.8 Å². The first kappa shape index (κ1) is 35.9. The minimum Gasteiger partial charge on any atom is -0.467 e. The van der Waals surface area contributed by atoms with Crippen LogP contribution in [0.15, 0.2) is 42.9 Å². The van der Waals surface area contributed by atoms with E-state index >= 15 is 0 Å². The molecule has 0 saturated heterocycles.